The molecule has 0 radical (unpaired) electrons. The normalized spacial score (nSPS) is 26.8. The summed E-state index contributed by atoms with van der Waals surface area (Å²) in [5, 5.41) is -0.0367. The van der Waals surface area contributed by atoms with Gasteiger partial charge in [-0.3, -0.25) is 4.79 Å². The van der Waals surface area contributed by atoms with E-state index < -0.39 is 52.5 Å². The van der Waals surface area contributed by atoms with Gasteiger partial charge in [0.15, 0.2) is 22.7 Å². The van der Waals surface area contributed by atoms with Crippen LogP contribution in [0.3, 0.4) is 0 Å². The number of carbonyl (C=O) groups is 2. The second kappa shape index (κ2) is 11.0. The van der Waals surface area contributed by atoms with E-state index in [0.29, 0.717) is 6.61 Å². The molecule has 0 saturated carbocycles. The molecule has 0 bridgehead atoms. The van der Waals surface area contributed by atoms with Crippen LogP contribution >= 0.6 is 11.8 Å². The summed E-state index contributed by atoms with van der Waals surface area (Å²) in [6.07, 6.45) is -2.29. The van der Waals surface area contributed by atoms with E-state index in [4.69, 9.17) is 18.3 Å². The van der Waals surface area contributed by atoms with Crippen LogP contribution < -0.4 is 0 Å². The molecule has 2 aliphatic rings. The lowest BCUT2D eigenvalue weighted by Crippen LogP contribution is -2.64. The number of rotatable bonds is 7. The Bertz CT molecular complexity index is 1020. The Labute approximate surface area is 235 Å². The zero-order valence-electron chi connectivity index (χ0n) is 25.2. The number of amides is 2. The summed E-state index contributed by atoms with van der Waals surface area (Å²) in [4.78, 5) is 27.9. The van der Waals surface area contributed by atoms with Gasteiger partial charge in [0.2, 0.25) is 5.91 Å². The number of ether oxygens (including phenoxy) is 2. The molecule has 1 aromatic rings. The number of thioether (sulfide) groups is 1. The number of hydrogen-bond donors (Lipinski definition) is 0. The number of carbonyl (C=O) groups excluding carboxylic acids is 2. The number of benzene rings is 1. The van der Waals surface area contributed by atoms with E-state index in [0.717, 1.165) is 10.5 Å². The third-order valence-corrected chi connectivity index (χ3v) is 18.8. The van der Waals surface area contributed by atoms with Crippen molar-refractivity contribution in [2.75, 3.05) is 6.61 Å². The van der Waals surface area contributed by atoms with Gasteiger partial charge in [-0.2, -0.15) is 0 Å². The highest BCUT2D eigenvalue weighted by molar-refractivity contribution is 7.99. The van der Waals surface area contributed by atoms with Gasteiger partial charge in [0.25, 0.3) is 0 Å². The monoisotopic (exact) mass is 581 g/mol. The van der Waals surface area contributed by atoms with Crippen LogP contribution in [0.25, 0.3) is 0 Å². The minimum absolute atomic E-state index is 0.0291. The van der Waals surface area contributed by atoms with E-state index in [1.807, 2.05) is 31.2 Å². The molecular weight excluding hydrogens is 535 g/mol. The van der Waals surface area contributed by atoms with E-state index in [1.54, 1.807) is 0 Å². The molecule has 2 fully saturated rings. The van der Waals surface area contributed by atoms with E-state index in [9.17, 15) is 9.59 Å². The second-order valence-electron chi connectivity index (χ2n) is 13.6. The van der Waals surface area contributed by atoms with Crippen molar-refractivity contribution in [2.45, 2.75) is 126 Å². The van der Waals surface area contributed by atoms with Crippen LogP contribution in [0, 0.1) is 6.92 Å². The fourth-order valence-corrected chi connectivity index (χ4v) is 7.59. The Morgan fingerprint density at radius 2 is 1.55 bits per heavy atom. The smallest absolute Gasteiger partial charge is 0.417 e. The predicted molar refractivity (Wildman–Crippen MR) is 157 cm³/mol. The van der Waals surface area contributed by atoms with E-state index in [-0.39, 0.29) is 16.0 Å². The molecular formula is C28H47NO6SSi2. The third kappa shape index (κ3) is 6.58. The first kappa shape index (κ1) is 31.4. The summed E-state index contributed by atoms with van der Waals surface area (Å²) >= 11 is 1.50. The van der Waals surface area contributed by atoms with Gasteiger partial charge in [-0.05, 0) is 55.3 Å². The molecule has 2 saturated heterocycles. The number of aryl methyl sites for hydroxylation is 1. The molecule has 214 valence electrons. The van der Waals surface area contributed by atoms with Gasteiger partial charge in [-0.25, -0.2) is 9.69 Å². The number of hydrogen-bond acceptors (Lipinski definition) is 7. The third-order valence-electron chi connectivity index (χ3n) is 8.61. The molecule has 0 aromatic heterocycles. The predicted octanol–water partition coefficient (Wildman–Crippen LogP) is 6.96. The highest BCUT2D eigenvalue weighted by Crippen LogP contribution is 2.45. The fourth-order valence-electron chi connectivity index (χ4n) is 4.08. The van der Waals surface area contributed by atoms with Gasteiger partial charge in [0.05, 0.1) is 6.61 Å². The lowest BCUT2D eigenvalue weighted by molar-refractivity contribution is -0.159. The average Bonchev–Trinajstić information content (AvgIpc) is 3.11. The molecule has 2 amide bonds. The zero-order chi connectivity index (χ0) is 28.8. The highest BCUT2D eigenvalue weighted by atomic mass is 32.2. The summed E-state index contributed by atoms with van der Waals surface area (Å²) in [6.45, 7) is 25.7. The summed E-state index contributed by atoms with van der Waals surface area (Å²) in [5.74, 6) is -0.359. The average molecular weight is 582 g/mol. The van der Waals surface area contributed by atoms with Crippen LogP contribution in [0.1, 0.15) is 54.0 Å². The fraction of sp³-hybridized carbons (Fsp3) is 0.714. The summed E-state index contributed by atoms with van der Waals surface area (Å²) in [7, 11) is -4.40. The molecule has 0 N–H and O–H groups in total. The molecule has 7 nitrogen and oxygen atoms in total. The Morgan fingerprint density at radius 1 is 1.00 bits per heavy atom. The molecule has 2 aliphatic heterocycles. The number of imide groups is 1. The summed E-state index contributed by atoms with van der Waals surface area (Å²) in [5.41, 5.74) is 0.635. The maximum absolute atomic E-state index is 13.0. The maximum Gasteiger partial charge on any atom is 0.417 e. The van der Waals surface area contributed by atoms with Crippen LogP contribution in [-0.2, 0) is 23.1 Å². The van der Waals surface area contributed by atoms with Crippen LogP contribution in [0.4, 0.5) is 4.79 Å². The van der Waals surface area contributed by atoms with Gasteiger partial charge in [-0.1, -0.05) is 71.0 Å². The second-order valence-corrected chi connectivity index (χ2v) is 24.4. The van der Waals surface area contributed by atoms with Crippen LogP contribution in [0.2, 0.25) is 36.3 Å². The van der Waals surface area contributed by atoms with Gasteiger partial charge < -0.3 is 18.3 Å². The number of fused-ring (bicyclic) bond motifs is 1. The first-order valence-corrected chi connectivity index (χ1v) is 20.2. The van der Waals surface area contributed by atoms with Crippen molar-refractivity contribution in [1.29, 1.82) is 0 Å². The molecule has 0 unspecified atom stereocenters. The first-order valence-electron chi connectivity index (χ1n) is 13.5. The van der Waals surface area contributed by atoms with Gasteiger partial charge in [-0.15, -0.1) is 0 Å². The minimum atomic E-state index is -2.30. The lowest BCUT2D eigenvalue weighted by Gasteiger charge is -2.48. The standard InChI is InChI=1S/C28H47NO6SSi2/c1-18-13-15-20(16-14-18)36-25-22-24(34-26(31)29(22)19(2)30)23(35-38(11,12)28(6,7)8)21(33-25)17-32-37(9,10)27(3,4)5/h13-16,21-25H,17H2,1-12H3/t21-,22-,23+,24-,25-/m1/s1. The molecule has 38 heavy (non-hydrogen) atoms. The van der Waals surface area contributed by atoms with Crippen molar-refractivity contribution in [3.05, 3.63) is 29.8 Å². The van der Waals surface area contributed by atoms with Crippen LogP contribution in [0.5, 0.6) is 0 Å². The molecule has 5 atom stereocenters. The first-order chi connectivity index (χ1) is 17.2. The molecule has 0 spiro atoms. The van der Waals surface area contributed by atoms with E-state index in [1.165, 1.54) is 23.6 Å². The molecule has 3 rings (SSSR count). The topological polar surface area (TPSA) is 74.3 Å². The lowest BCUT2D eigenvalue weighted by atomic mass is 9.98. The summed E-state index contributed by atoms with van der Waals surface area (Å²) in [6, 6.07) is 7.55. The highest BCUT2D eigenvalue weighted by Gasteiger charge is 2.60. The molecule has 2 heterocycles. The van der Waals surface area contributed by atoms with Crippen molar-refractivity contribution in [2.24, 2.45) is 0 Å². The van der Waals surface area contributed by atoms with Gasteiger partial charge >= 0.3 is 6.09 Å². The largest absolute Gasteiger partial charge is 0.441 e. The summed E-state index contributed by atoms with van der Waals surface area (Å²) < 4.78 is 26.3. The molecule has 10 heteroatoms. The Hall–Kier alpha value is -1.18. The van der Waals surface area contributed by atoms with Crippen molar-refractivity contribution < 1.29 is 27.9 Å². The van der Waals surface area contributed by atoms with E-state index >= 15 is 0 Å². The van der Waals surface area contributed by atoms with Crippen LogP contribution in [-0.4, -0.2) is 69.9 Å². The SMILES string of the molecule is CC(=O)N1C(=O)O[C@H]2[C@@H](O[Si](C)(C)C(C)(C)C)[C@@H](CO[Si](C)(C)C(C)(C)C)O[C@H](Sc3ccc(C)cc3)[C@@H]21. The molecule has 0 aliphatic carbocycles. The number of nitrogens with zero attached hydrogens (tertiary/aromatic N) is 1. The Morgan fingerprint density at radius 3 is 2.05 bits per heavy atom. The Kier molecular flexibility index (Phi) is 9.08. The Balaban J connectivity index is 2.03. The van der Waals surface area contributed by atoms with Gasteiger partial charge in [0, 0.05) is 11.8 Å². The van der Waals surface area contributed by atoms with Crippen molar-refractivity contribution >= 4 is 40.4 Å². The minimum Gasteiger partial charge on any atom is -0.441 e. The maximum atomic E-state index is 13.0. The molecule has 1 aromatic carbocycles. The van der Waals surface area contributed by atoms with Crippen molar-refractivity contribution in [1.82, 2.24) is 4.90 Å². The zero-order valence-corrected chi connectivity index (χ0v) is 28.0. The van der Waals surface area contributed by atoms with E-state index in [2.05, 4.69) is 67.7 Å². The van der Waals surface area contributed by atoms with Crippen LogP contribution in [0.15, 0.2) is 29.2 Å². The van der Waals surface area contributed by atoms with Gasteiger partial charge in [0.1, 0.15) is 23.7 Å². The van der Waals surface area contributed by atoms with Crippen molar-refractivity contribution in [3.8, 4) is 0 Å². The quantitative estimate of drug-likeness (QED) is 0.322. The van der Waals surface area contributed by atoms with Crippen molar-refractivity contribution in [3.63, 3.8) is 0 Å².